The third kappa shape index (κ3) is 3.85. The van der Waals surface area contributed by atoms with Crippen LogP contribution in [0.25, 0.3) is 11.1 Å². The molecule has 170 valence electrons. The van der Waals surface area contributed by atoms with Gasteiger partial charge in [0.15, 0.2) is 0 Å². The van der Waals surface area contributed by atoms with Crippen LogP contribution in [-0.4, -0.2) is 29.6 Å². The van der Waals surface area contributed by atoms with E-state index in [1.165, 1.54) is 24.3 Å². The Hall–Kier alpha value is -4.26. The Morgan fingerprint density at radius 2 is 1.74 bits per heavy atom. The van der Waals surface area contributed by atoms with Gasteiger partial charge in [0.05, 0.1) is 13.7 Å². The van der Waals surface area contributed by atoms with E-state index in [4.69, 9.17) is 9.47 Å². The van der Waals surface area contributed by atoms with E-state index in [0.29, 0.717) is 35.9 Å². The van der Waals surface area contributed by atoms with Gasteiger partial charge in [0.25, 0.3) is 5.91 Å². The van der Waals surface area contributed by atoms with E-state index in [1.54, 1.807) is 25.6 Å². The number of carbonyl (C=O) groups excluding carboxylic acids is 1. The van der Waals surface area contributed by atoms with Gasteiger partial charge in [-0.15, -0.1) is 0 Å². The van der Waals surface area contributed by atoms with Crippen LogP contribution in [0.1, 0.15) is 28.0 Å². The van der Waals surface area contributed by atoms with E-state index < -0.39 is 11.4 Å². The second kappa shape index (κ2) is 8.94. The third-order valence-electron chi connectivity index (χ3n) is 6.00. The first-order valence-electron chi connectivity index (χ1n) is 10.9. The number of fused-ring (bicyclic) bond motifs is 1. The Morgan fingerprint density at radius 3 is 2.50 bits per heavy atom. The van der Waals surface area contributed by atoms with Crippen LogP contribution in [0.15, 0.2) is 85.2 Å². The number of aromatic nitrogens is 2. The molecule has 1 amide bonds. The normalized spacial score (nSPS) is 16.8. The van der Waals surface area contributed by atoms with Crippen LogP contribution in [-0.2, 0) is 5.54 Å². The molecular weight excluding hydrogens is 433 g/mol. The smallest absolute Gasteiger partial charge is 0.252 e. The van der Waals surface area contributed by atoms with Crippen LogP contribution < -0.4 is 14.8 Å². The van der Waals surface area contributed by atoms with Gasteiger partial charge in [0.2, 0.25) is 5.88 Å². The number of rotatable bonds is 5. The lowest BCUT2D eigenvalue weighted by atomic mass is 9.80. The maximum atomic E-state index is 13.4. The molecule has 0 radical (unpaired) electrons. The zero-order chi connectivity index (χ0) is 23.5. The van der Waals surface area contributed by atoms with Gasteiger partial charge in [0.1, 0.15) is 22.8 Å². The molecule has 1 aliphatic heterocycles. The van der Waals surface area contributed by atoms with Gasteiger partial charge in [-0.2, -0.15) is 0 Å². The third-order valence-corrected chi connectivity index (χ3v) is 6.00. The first-order valence-corrected chi connectivity index (χ1v) is 10.9. The summed E-state index contributed by atoms with van der Waals surface area (Å²) in [5.74, 6) is 0.432. The molecule has 1 atom stereocenters. The van der Waals surface area contributed by atoms with Gasteiger partial charge in [0, 0.05) is 29.9 Å². The number of carbonyl (C=O) groups is 1. The topological polar surface area (TPSA) is 73.3 Å². The Bertz CT molecular complexity index is 1330. The SMILES string of the molecule is COc1ncccc1-c1ccc(C2(NC(=O)c3ccc(F)cc3)CCOc3cccnc32)cc1. The summed E-state index contributed by atoms with van der Waals surface area (Å²) in [7, 11) is 1.59. The maximum absolute atomic E-state index is 13.4. The van der Waals surface area contributed by atoms with Crippen molar-refractivity contribution in [2.45, 2.75) is 12.0 Å². The highest BCUT2D eigenvalue weighted by Gasteiger charge is 2.42. The van der Waals surface area contributed by atoms with E-state index in [-0.39, 0.29) is 5.91 Å². The van der Waals surface area contributed by atoms with E-state index in [2.05, 4.69) is 15.3 Å². The second-order valence-corrected chi connectivity index (χ2v) is 7.95. The molecule has 34 heavy (non-hydrogen) atoms. The Kier molecular flexibility index (Phi) is 5.67. The number of benzene rings is 2. The molecule has 0 bridgehead atoms. The molecular formula is C27H22FN3O3. The van der Waals surface area contributed by atoms with Crippen LogP contribution >= 0.6 is 0 Å². The summed E-state index contributed by atoms with van der Waals surface area (Å²) >= 11 is 0. The minimum atomic E-state index is -0.919. The van der Waals surface area contributed by atoms with Crippen molar-refractivity contribution in [3.63, 3.8) is 0 Å². The Morgan fingerprint density at radius 1 is 1.00 bits per heavy atom. The molecule has 0 fully saturated rings. The monoisotopic (exact) mass is 455 g/mol. The van der Waals surface area contributed by atoms with Gasteiger partial charge in [-0.25, -0.2) is 9.37 Å². The summed E-state index contributed by atoms with van der Waals surface area (Å²) in [6.45, 7) is 0.403. The quantitative estimate of drug-likeness (QED) is 0.470. The zero-order valence-electron chi connectivity index (χ0n) is 18.5. The minimum absolute atomic E-state index is 0.323. The molecule has 3 heterocycles. The molecule has 6 nitrogen and oxygen atoms in total. The number of hydrogen-bond donors (Lipinski definition) is 1. The van der Waals surface area contributed by atoms with E-state index >= 15 is 0 Å². The summed E-state index contributed by atoms with van der Waals surface area (Å²) in [6, 6.07) is 20.8. The zero-order valence-corrected chi connectivity index (χ0v) is 18.5. The molecule has 1 N–H and O–H groups in total. The second-order valence-electron chi connectivity index (χ2n) is 7.95. The largest absolute Gasteiger partial charge is 0.491 e. The number of methoxy groups -OCH3 is 1. The molecule has 0 aliphatic carbocycles. The molecule has 2 aromatic carbocycles. The number of pyridine rings is 2. The average Bonchev–Trinajstić information content (AvgIpc) is 2.89. The van der Waals surface area contributed by atoms with Crippen LogP contribution in [0, 0.1) is 5.82 Å². The molecule has 7 heteroatoms. The van der Waals surface area contributed by atoms with Crippen LogP contribution in [0.5, 0.6) is 11.6 Å². The van der Waals surface area contributed by atoms with Crippen molar-refractivity contribution in [2.75, 3.05) is 13.7 Å². The fourth-order valence-electron chi connectivity index (χ4n) is 4.31. The highest BCUT2D eigenvalue weighted by molar-refractivity contribution is 5.95. The van der Waals surface area contributed by atoms with E-state index in [0.717, 1.165) is 16.7 Å². The highest BCUT2D eigenvalue weighted by Crippen LogP contribution is 2.41. The van der Waals surface area contributed by atoms with Gasteiger partial charge in [-0.1, -0.05) is 24.3 Å². The van der Waals surface area contributed by atoms with Gasteiger partial charge < -0.3 is 14.8 Å². The number of nitrogens with one attached hydrogen (secondary N) is 1. The fraction of sp³-hybridized carbons (Fsp3) is 0.148. The number of ether oxygens (including phenoxy) is 2. The molecule has 0 spiro atoms. The first-order chi connectivity index (χ1) is 16.6. The summed E-state index contributed by atoms with van der Waals surface area (Å²) in [5.41, 5.74) is 2.73. The predicted octanol–water partition coefficient (Wildman–Crippen LogP) is 4.75. The van der Waals surface area contributed by atoms with Crippen LogP contribution in [0.3, 0.4) is 0 Å². The van der Waals surface area contributed by atoms with Gasteiger partial charge >= 0.3 is 0 Å². The van der Waals surface area contributed by atoms with Crippen molar-refractivity contribution in [3.8, 4) is 22.8 Å². The standard InChI is InChI=1S/C27H22FN3O3/c1-33-26-22(4-2-16-30-26)18-6-10-20(11-7-18)27(14-17-34-23-5-3-15-29-24(23)27)31-25(32)19-8-12-21(28)13-9-19/h2-13,15-16H,14,17H2,1H3,(H,31,32). The fourth-order valence-corrected chi connectivity index (χ4v) is 4.31. The average molecular weight is 455 g/mol. The van der Waals surface area contributed by atoms with Gasteiger partial charge in [-0.3, -0.25) is 9.78 Å². The van der Waals surface area contributed by atoms with Crippen molar-refractivity contribution in [3.05, 3.63) is 108 Å². The predicted molar refractivity (Wildman–Crippen MR) is 125 cm³/mol. The van der Waals surface area contributed by atoms with Crippen molar-refractivity contribution in [1.29, 1.82) is 0 Å². The molecule has 2 aromatic heterocycles. The lowest BCUT2D eigenvalue weighted by Gasteiger charge is -2.39. The summed E-state index contributed by atoms with van der Waals surface area (Å²) < 4.78 is 24.6. The van der Waals surface area contributed by atoms with Crippen molar-refractivity contribution in [2.24, 2.45) is 0 Å². The maximum Gasteiger partial charge on any atom is 0.252 e. The lowest BCUT2D eigenvalue weighted by Crippen LogP contribution is -2.50. The highest BCUT2D eigenvalue weighted by atomic mass is 19.1. The Balaban J connectivity index is 1.58. The first kappa shape index (κ1) is 21.6. The minimum Gasteiger partial charge on any atom is -0.491 e. The summed E-state index contributed by atoms with van der Waals surface area (Å²) in [4.78, 5) is 22.1. The molecule has 1 unspecified atom stereocenters. The van der Waals surface area contributed by atoms with Crippen LogP contribution in [0.2, 0.25) is 0 Å². The van der Waals surface area contributed by atoms with Crippen molar-refractivity contribution in [1.82, 2.24) is 15.3 Å². The summed E-state index contributed by atoms with van der Waals surface area (Å²) in [5, 5.41) is 3.18. The number of halogens is 1. The molecule has 0 saturated carbocycles. The summed E-state index contributed by atoms with van der Waals surface area (Å²) in [6.07, 6.45) is 3.85. The molecule has 4 aromatic rings. The van der Waals surface area contributed by atoms with Crippen molar-refractivity contribution >= 4 is 5.91 Å². The van der Waals surface area contributed by atoms with Gasteiger partial charge in [-0.05, 0) is 59.7 Å². The number of hydrogen-bond acceptors (Lipinski definition) is 5. The molecule has 0 saturated heterocycles. The van der Waals surface area contributed by atoms with Crippen LogP contribution in [0.4, 0.5) is 4.39 Å². The number of amides is 1. The van der Waals surface area contributed by atoms with E-state index in [1.807, 2.05) is 42.5 Å². The number of nitrogens with zero attached hydrogens (tertiary/aromatic N) is 2. The Labute approximate surface area is 196 Å². The molecule has 1 aliphatic rings. The lowest BCUT2D eigenvalue weighted by molar-refractivity contribution is 0.0883. The molecule has 5 rings (SSSR count). The van der Waals surface area contributed by atoms with E-state index in [9.17, 15) is 9.18 Å². The van der Waals surface area contributed by atoms with Crippen molar-refractivity contribution < 1.29 is 18.7 Å².